The Kier molecular flexibility index (Phi) is 4.93. The maximum absolute atomic E-state index is 12.8. The van der Waals surface area contributed by atoms with Crippen molar-refractivity contribution < 1.29 is 9.13 Å². The fraction of sp³-hybridized carbons (Fsp3) is 0.250. The molecule has 0 aliphatic heterocycles. The lowest BCUT2D eigenvalue weighted by atomic mass is 10.1. The predicted octanol–water partition coefficient (Wildman–Crippen LogP) is 3.30. The van der Waals surface area contributed by atoms with Gasteiger partial charge in [-0.05, 0) is 54.8 Å². The van der Waals surface area contributed by atoms with Crippen molar-refractivity contribution in [2.75, 3.05) is 6.54 Å². The SMILES string of the molecule is NCCCc1cccc(OCc2ccc(F)cc2)c1. The standard InChI is InChI=1S/C16H18FNO/c17-15-8-6-14(7-9-15)12-19-16-5-1-3-13(11-16)4-2-10-18/h1,3,5-9,11H,2,4,10,12,18H2. The van der Waals surface area contributed by atoms with Crippen LogP contribution in [0.3, 0.4) is 0 Å². The van der Waals surface area contributed by atoms with E-state index in [1.165, 1.54) is 17.7 Å². The van der Waals surface area contributed by atoms with Crippen molar-refractivity contribution in [2.24, 2.45) is 5.73 Å². The molecule has 0 fully saturated rings. The van der Waals surface area contributed by atoms with Crippen LogP contribution >= 0.6 is 0 Å². The third-order valence-corrected chi connectivity index (χ3v) is 2.89. The van der Waals surface area contributed by atoms with Crippen LogP contribution in [0.1, 0.15) is 17.5 Å². The Bertz CT molecular complexity index is 510. The van der Waals surface area contributed by atoms with Crippen LogP contribution in [0.5, 0.6) is 5.75 Å². The summed E-state index contributed by atoms with van der Waals surface area (Å²) < 4.78 is 18.5. The summed E-state index contributed by atoms with van der Waals surface area (Å²) in [7, 11) is 0. The van der Waals surface area contributed by atoms with E-state index in [0.717, 1.165) is 24.2 Å². The Morgan fingerprint density at radius 1 is 1.00 bits per heavy atom. The van der Waals surface area contributed by atoms with Gasteiger partial charge in [0.15, 0.2) is 0 Å². The normalized spacial score (nSPS) is 10.4. The van der Waals surface area contributed by atoms with E-state index >= 15 is 0 Å². The molecule has 0 bridgehead atoms. The molecule has 100 valence electrons. The third-order valence-electron chi connectivity index (χ3n) is 2.89. The van der Waals surface area contributed by atoms with Gasteiger partial charge in [0.2, 0.25) is 0 Å². The highest BCUT2D eigenvalue weighted by molar-refractivity contribution is 5.29. The quantitative estimate of drug-likeness (QED) is 0.864. The maximum Gasteiger partial charge on any atom is 0.123 e. The zero-order valence-electron chi connectivity index (χ0n) is 10.8. The van der Waals surface area contributed by atoms with E-state index in [4.69, 9.17) is 10.5 Å². The van der Waals surface area contributed by atoms with Crippen molar-refractivity contribution in [3.63, 3.8) is 0 Å². The number of rotatable bonds is 6. The number of aryl methyl sites for hydroxylation is 1. The van der Waals surface area contributed by atoms with Gasteiger partial charge < -0.3 is 10.5 Å². The molecular formula is C16H18FNO. The van der Waals surface area contributed by atoms with Crippen molar-refractivity contribution in [2.45, 2.75) is 19.4 Å². The first-order valence-corrected chi connectivity index (χ1v) is 6.44. The van der Waals surface area contributed by atoms with Crippen molar-refractivity contribution in [1.29, 1.82) is 0 Å². The Hall–Kier alpha value is -1.87. The third kappa shape index (κ3) is 4.38. The lowest BCUT2D eigenvalue weighted by Crippen LogP contribution is -2.01. The molecule has 0 aliphatic rings. The molecule has 0 amide bonds. The van der Waals surface area contributed by atoms with Crippen LogP contribution < -0.4 is 10.5 Å². The summed E-state index contributed by atoms with van der Waals surface area (Å²) in [5.74, 6) is 0.603. The Morgan fingerprint density at radius 3 is 2.53 bits per heavy atom. The van der Waals surface area contributed by atoms with Gasteiger partial charge in [0, 0.05) is 0 Å². The molecule has 2 aromatic carbocycles. The Labute approximate surface area is 113 Å². The molecule has 2 N–H and O–H groups in total. The van der Waals surface area contributed by atoms with E-state index in [0.29, 0.717) is 13.2 Å². The molecule has 2 rings (SSSR count). The van der Waals surface area contributed by atoms with E-state index in [2.05, 4.69) is 6.07 Å². The smallest absolute Gasteiger partial charge is 0.123 e. The predicted molar refractivity (Wildman–Crippen MR) is 74.5 cm³/mol. The summed E-state index contributed by atoms with van der Waals surface area (Å²) in [5.41, 5.74) is 7.68. The molecule has 0 atom stereocenters. The number of hydrogen-bond acceptors (Lipinski definition) is 2. The summed E-state index contributed by atoms with van der Waals surface area (Å²) in [6.45, 7) is 1.14. The molecule has 0 radical (unpaired) electrons. The highest BCUT2D eigenvalue weighted by atomic mass is 19.1. The molecular weight excluding hydrogens is 241 g/mol. The molecule has 0 saturated heterocycles. The summed E-state index contributed by atoms with van der Waals surface area (Å²) in [6, 6.07) is 14.3. The second kappa shape index (κ2) is 6.90. The van der Waals surface area contributed by atoms with E-state index in [1.54, 1.807) is 12.1 Å². The lowest BCUT2D eigenvalue weighted by Gasteiger charge is -2.08. The van der Waals surface area contributed by atoms with Crippen LogP contribution in [0, 0.1) is 5.82 Å². The van der Waals surface area contributed by atoms with Gasteiger partial charge in [-0.1, -0.05) is 24.3 Å². The molecule has 0 heterocycles. The Morgan fingerprint density at radius 2 is 1.79 bits per heavy atom. The topological polar surface area (TPSA) is 35.2 Å². The van der Waals surface area contributed by atoms with Crippen LogP contribution in [-0.2, 0) is 13.0 Å². The first-order valence-electron chi connectivity index (χ1n) is 6.44. The summed E-state index contributed by atoms with van der Waals surface area (Å²) >= 11 is 0. The largest absolute Gasteiger partial charge is 0.489 e. The van der Waals surface area contributed by atoms with Gasteiger partial charge in [0.25, 0.3) is 0 Å². The minimum atomic E-state index is -0.229. The Balaban J connectivity index is 1.93. The van der Waals surface area contributed by atoms with Crippen molar-refractivity contribution in [3.05, 3.63) is 65.5 Å². The van der Waals surface area contributed by atoms with Gasteiger partial charge >= 0.3 is 0 Å². The van der Waals surface area contributed by atoms with Crippen LogP contribution in [0.15, 0.2) is 48.5 Å². The number of nitrogens with two attached hydrogens (primary N) is 1. The fourth-order valence-corrected chi connectivity index (χ4v) is 1.84. The summed E-state index contributed by atoms with van der Waals surface area (Å²) in [5, 5.41) is 0. The van der Waals surface area contributed by atoms with Crippen LogP contribution in [-0.4, -0.2) is 6.54 Å². The van der Waals surface area contributed by atoms with E-state index in [-0.39, 0.29) is 5.82 Å². The van der Waals surface area contributed by atoms with Crippen LogP contribution in [0.2, 0.25) is 0 Å². The minimum absolute atomic E-state index is 0.229. The zero-order chi connectivity index (χ0) is 13.5. The number of halogens is 1. The minimum Gasteiger partial charge on any atom is -0.489 e. The van der Waals surface area contributed by atoms with Crippen molar-refractivity contribution in [3.8, 4) is 5.75 Å². The van der Waals surface area contributed by atoms with Gasteiger partial charge in [0.1, 0.15) is 18.2 Å². The number of benzene rings is 2. The van der Waals surface area contributed by atoms with Gasteiger partial charge in [-0.2, -0.15) is 0 Å². The first-order chi connectivity index (χ1) is 9.28. The van der Waals surface area contributed by atoms with Crippen LogP contribution in [0.25, 0.3) is 0 Å². The van der Waals surface area contributed by atoms with E-state index in [1.807, 2.05) is 18.2 Å². The van der Waals surface area contributed by atoms with E-state index < -0.39 is 0 Å². The molecule has 19 heavy (non-hydrogen) atoms. The van der Waals surface area contributed by atoms with Gasteiger partial charge in [0.05, 0.1) is 0 Å². The molecule has 2 nitrogen and oxygen atoms in total. The first kappa shape index (κ1) is 13.6. The maximum atomic E-state index is 12.8. The van der Waals surface area contributed by atoms with Crippen LogP contribution in [0.4, 0.5) is 4.39 Å². The van der Waals surface area contributed by atoms with Gasteiger partial charge in [-0.25, -0.2) is 4.39 Å². The second-order valence-corrected chi connectivity index (χ2v) is 4.45. The second-order valence-electron chi connectivity index (χ2n) is 4.45. The summed E-state index contributed by atoms with van der Waals surface area (Å²) in [6.07, 6.45) is 1.94. The van der Waals surface area contributed by atoms with Crippen molar-refractivity contribution in [1.82, 2.24) is 0 Å². The van der Waals surface area contributed by atoms with E-state index in [9.17, 15) is 4.39 Å². The average molecular weight is 259 g/mol. The van der Waals surface area contributed by atoms with Crippen molar-refractivity contribution >= 4 is 0 Å². The molecule has 0 aliphatic carbocycles. The zero-order valence-corrected chi connectivity index (χ0v) is 10.8. The monoisotopic (exact) mass is 259 g/mol. The number of hydrogen-bond donors (Lipinski definition) is 1. The highest BCUT2D eigenvalue weighted by Crippen LogP contribution is 2.16. The summed E-state index contributed by atoms with van der Waals surface area (Å²) in [4.78, 5) is 0. The van der Waals surface area contributed by atoms with Gasteiger partial charge in [-0.15, -0.1) is 0 Å². The van der Waals surface area contributed by atoms with Gasteiger partial charge in [-0.3, -0.25) is 0 Å². The molecule has 0 spiro atoms. The molecule has 0 unspecified atom stereocenters. The molecule has 0 aromatic heterocycles. The lowest BCUT2D eigenvalue weighted by molar-refractivity contribution is 0.305. The molecule has 0 saturated carbocycles. The fourth-order valence-electron chi connectivity index (χ4n) is 1.84. The molecule has 2 aromatic rings. The number of ether oxygens (including phenoxy) is 1. The average Bonchev–Trinajstić information content (AvgIpc) is 2.45. The molecule has 3 heteroatoms. The highest BCUT2D eigenvalue weighted by Gasteiger charge is 1.99.